The van der Waals surface area contributed by atoms with Gasteiger partial charge in [-0.25, -0.2) is 0 Å². The van der Waals surface area contributed by atoms with Crippen molar-refractivity contribution in [3.05, 3.63) is 112 Å². The lowest BCUT2D eigenvalue weighted by Crippen LogP contribution is -2.50. The topological polar surface area (TPSA) is 175 Å². The minimum absolute atomic E-state index is 0.0216. The summed E-state index contributed by atoms with van der Waals surface area (Å²) in [6, 6.07) is 5.65. The number of nitrogens with two attached hydrogens (primary N) is 1. The summed E-state index contributed by atoms with van der Waals surface area (Å²) in [5, 5.41) is 52.2. The molecule has 70 heavy (non-hydrogen) atoms. The second kappa shape index (κ2) is 17.4. The Balaban J connectivity index is 0.905. The fraction of sp³-hybridized carbons (Fsp3) is 0.491. The zero-order valence-corrected chi connectivity index (χ0v) is 40.8. The smallest absolute Gasteiger partial charge is 0.191 e. The van der Waals surface area contributed by atoms with Gasteiger partial charge in [0.15, 0.2) is 17.7 Å². The molecule has 11 nitrogen and oxygen atoms in total. The van der Waals surface area contributed by atoms with Gasteiger partial charge < -0.3 is 45.2 Å². The fourth-order valence-electron chi connectivity index (χ4n) is 14.3. The Hall–Kier alpha value is -4.83. The van der Waals surface area contributed by atoms with Crippen LogP contribution in [0.15, 0.2) is 72.7 Å². The van der Waals surface area contributed by atoms with E-state index in [9.17, 15) is 25.2 Å². The molecule has 10 bridgehead atoms. The first-order valence-electron chi connectivity index (χ1n) is 25.6. The molecule has 362 valence electrons. The van der Waals surface area contributed by atoms with Crippen LogP contribution in [0, 0.1) is 58.9 Å². The lowest BCUT2D eigenvalue weighted by atomic mass is 9.62. The van der Waals surface area contributed by atoms with Crippen molar-refractivity contribution in [1.29, 1.82) is 0 Å². The van der Waals surface area contributed by atoms with E-state index in [1.807, 2.05) is 12.1 Å². The van der Waals surface area contributed by atoms with Crippen molar-refractivity contribution in [2.75, 3.05) is 12.3 Å². The number of ether oxygens (including phenoxy) is 2. The molecule has 8 N–H and O–H groups in total. The number of carbonyl (C=O) groups excluding carboxylic acids is 1. The number of allylic oxidation sites excluding steroid dienone is 4. The number of aromatic amines is 1. The van der Waals surface area contributed by atoms with Crippen molar-refractivity contribution in [2.45, 2.75) is 125 Å². The number of benzene rings is 2. The zero-order valence-electron chi connectivity index (χ0n) is 39.2. The van der Waals surface area contributed by atoms with Crippen molar-refractivity contribution in [3.8, 4) is 41.1 Å². The summed E-state index contributed by atoms with van der Waals surface area (Å²) in [5.41, 5.74) is 14.2. The lowest BCUT2D eigenvalue weighted by Gasteiger charge is -2.45. The van der Waals surface area contributed by atoms with Crippen LogP contribution in [0.1, 0.15) is 134 Å². The predicted octanol–water partition coefficient (Wildman–Crippen LogP) is 8.78. The van der Waals surface area contributed by atoms with Gasteiger partial charge in [0, 0.05) is 89.3 Å². The Labute approximate surface area is 416 Å². The number of aromatic hydroxyl groups is 1. The standard InChI is InChI=1S/C57H60N4O7S2/c58-54-38-12-11-37-46(63)14-13-44-55-61-26-42-41(25-59-45(42)27-61)36-15-18-57(29-60-54,52(38)51(36)37)30-70-69-28-43-35(49(66)24-50(53(43)68-55)67-20-19-56(44)16-3-4-17-56)10-9-33(62)22-47(64)40-21-32-8-7-31-5-1-2-6-34(31)39(32)23-48(40)65/h7-8,11-12,15,18,21,24-27,31,34,36,39-40,44,46-48,54-55,59-60,63-66H,1-6,9-10,16-17,22-23,28-30,58H2. The molecule has 2 fully saturated rings. The van der Waals surface area contributed by atoms with Crippen molar-refractivity contribution in [1.82, 2.24) is 14.9 Å². The van der Waals surface area contributed by atoms with Gasteiger partial charge in [-0.1, -0.05) is 108 Å². The number of nitrogens with one attached hydrogen (secondary N) is 2. The number of aromatic nitrogens is 2. The van der Waals surface area contributed by atoms with Gasteiger partial charge in [0.05, 0.1) is 35.2 Å². The first-order valence-corrected chi connectivity index (χ1v) is 28.1. The zero-order chi connectivity index (χ0) is 47.5. The average Bonchev–Trinajstić information content (AvgIpc) is 4.12. The lowest BCUT2D eigenvalue weighted by molar-refractivity contribution is -0.122. The van der Waals surface area contributed by atoms with E-state index in [2.05, 4.69) is 87.7 Å². The van der Waals surface area contributed by atoms with Gasteiger partial charge in [0.25, 0.3) is 0 Å². The number of aliphatic hydroxyl groups excluding tert-OH is 3. The molecular formula is C57H60N4O7S2. The summed E-state index contributed by atoms with van der Waals surface area (Å²) in [5.74, 6) is 12.3. The third kappa shape index (κ3) is 7.28. The van der Waals surface area contributed by atoms with Crippen LogP contribution in [-0.2, 0) is 22.4 Å². The molecule has 12 unspecified atom stereocenters. The number of ketones is 1. The quantitative estimate of drug-likeness (QED) is 0.0559. The van der Waals surface area contributed by atoms with E-state index in [0.29, 0.717) is 59.1 Å². The number of nitrogens with zero attached hydrogens (tertiary/aromatic N) is 1. The first kappa shape index (κ1) is 45.1. The highest BCUT2D eigenvalue weighted by molar-refractivity contribution is 8.76. The monoisotopic (exact) mass is 976 g/mol. The summed E-state index contributed by atoms with van der Waals surface area (Å²) in [6.07, 6.45) is 25.6. The normalized spacial score (nSPS) is 33.2. The molecule has 5 aliphatic heterocycles. The van der Waals surface area contributed by atoms with Gasteiger partial charge in [0.2, 0.25) is 0 Å². The van der Waals surface area contributed by atoms with E-state index in [1.54, 1.807) is 27.7 Å². The molecule has 5 aliphatic carbocycles. The van der Waals surface area contributed by atoms with Crippen LogP contribution >= 0.6 is 21.6 Å². The molecule has 2 saturated carbocycles. The molecule has 2 spiro atoms. The summed E-state index contributed by atoms with van der Waals surface area (Å²) in [7, 11) is 3.38. The van der Waals surface area contributed by atoms with Crippen molar-refractivity contribution >= 4 is 38.3 Å². The van der Waals surface area contributed by atoms with Crippen molar-refractivity contribution < 1.29 is 34.7 Å². The number of rotatable bonds is 6. The molecule has 0 radical (unpaired) electrons. The molecule has 10 aliphatic rings. The molecule has 12 atom stereocenters. The Morgan fingerprint density at radius 2 is 1.90 bits per heavy atom. The average molecular weight is 977 g/mol. The number of fused-ring (bicyclic) bond motifs is 7. The molecule has 7 heterocycles. The summed E-state index contributed by atoms with van der Waals surface area (Å²) in [4.78, 5) is 17.6. The minimum atomic E-state index is -1.11. The second-order valence-electron chi connectivity index (χ2n) is 21.7. The fourth-order valence-corrected chi connectivity index (χ4v) is 16.9. The molecule has 2 aromatic heterocycles. The SMILES string of the molecule is NC1NCC23C=CC4c5c(ccc1c52)C(O)C#CC1C(Oc2c(cc(O)c(CCC(=O)CC(O)C5C=C6C=CC7CCCCC7C6CC5O)c2CSSC3)OC#CC12CCCC2)n1cc2[nH]cc4c2c1. The van der Waals surface area contributed by atoms with E-state index in [-0.39, 0.29) is 48.6 Å². The van der Waals surface area contributed by atoms with E-state index in [1.165, 1.54) is 31.3 Å². The Kier molecular flexibility index (Phi) is 11.2. The number of phenols is 1. The Morgan fingerprint density at radius 3 is 2.79 bits per heavy atom. The van der Waals surface area contributed by atoms with Gasteiger partial charge in [-0.3, -0.25) is 10.1 Å². The molecule has 2 aromatic carbocycles. The number of hydrogen-bond acceptors (Lipinski definition) is 11. The maximum absolute atomic E-state index is 14.0. The molecule has 4 aromatic rings. The largest absolute Gasteiger partial charge is 0.508 e. The number of aliphatic hydroxyl groups is 3. The maximum atomic E-state index is 14.0. The van der Waals surface area contributed by atoms with E-state index in [0.717, 1.165) is 64.4 Å². The van der Waals surface area contributed by atoms with Gasteiger partial charge in [-0.15, -0.1) is 0 Å². The van der Waals surface area contributed by atoms with Crippen LogP contribution in [0.2, 0.25) is 0 Å². The second-order valence-corrected chi connectivity index (χ2v) is 24.1. The molecule has 14 rings (SSSR count). The molecule has 13 heteroatoms. The number of hydrogen-bond donors (Lipinski definition) is 7. The molecule has 0 saturated heterocycles. The maximum Gasteiger partial charge on any atom is 0.191 e. The van der Waals surface area contributed by atoms with Gasteiger partial charge in [-0.2, -0.15) is 0 Å². The van der Waals surface area contributed by atoms with Crippen LogP contribution in [0.3, 0.4) is 0 Å². The highest BCUT2D eigenvalue weighted by Gasteiger charge is 2.49. The van der Waals surface area contributed by atoms with Crippen LogP contribution in [0.25, 0.3) is 10.9 Å². The van der Waals surface area contributed by atoms with Crippen LogP contribution in [0.4, 0.5) is 0 Å². The predicted molar refractivity (Wildman–Crippen MR) is 272 cm³/mol. The van der Waals surface area contributed by atoms with E-state index >= 15 is 0 Å². The highest BCUT2D eigenvalue weighted by atomic mass is 33.1. The van der Waals surface area contributed by atoms with Crippen LogP contribution in [-0.4, -0.2) is 60.3 Å². The van der Waals surface area contributed by atoms with Crippen molar-refractivity contribution in [2.24, 2.45) is 40.7 Å². The van der Waals surface area contributed by atoms with Crippen LogP contribution in [0.5, 0.6) is 17.2 Å². The third-order valence-electron chi connectivity index (χ3n) is 17.9. The summed E-state index contributed by atoms with van der Waals surface area (Å²) < 4.78 is 16.0. The van der Waals surface area contributed by atoms with Crippen LogP contribution < -0.4 is 20.5 Å². The molecule has 0 amide bonds. The highest BCUT2D eigenvalue weighted by Crippen LogP contribution is 2.56. The van der Waals surface area contributed by atoms with Gasteiger partial charge in [-0.05, 0) is 89.7 Å². The first-order chi connectivity index (χ1) is 34.1. The third-order valence-corrected chi connectivity index (χ3v) is 20.3. The van der Waals surface area contributed by atoms with E-state index in [4.69, 9.17) is 15.2 Å². The Morgan fingerprint density at radius 1 is 1.04 bits per heavy atom. The molecular weight excluding hydrogens is 917 g/mol. The van der Waals surface area contributed by atoms with E-state index < -0.39 is 47.2 Å². The van der Waals surface area contributed by atoms with Gasteiger partial charge in [0.1, 0.15) is 23.7 Å². The van der Waals surface area contributed by atoms with Crippen molar-refractivity contribution in [3.63, 3.8) is 0 Å². The van der Waals surface area contributed by atoms with Gasteiger partial charge >= 0.3 is 0 Å². The summed E-state index contributed by atoms with van der Waals surface area (Å²) >= 11 is 0. The summed E-state index contributed by atoms with van der Waals surface area (Å²) in [6.45, 7) is 0.601. The Bertz CT molecular complexity index is 3030. The number of H-pyrrole nitrogens is 1. The number of carbonyl (C=O) groups is 1. The minimum Gasteiger partial charge on any atom is -0.508 e. The number of Topliss-reactive ketones (excluding diaryl/α,β-unsaturated/α-hetero) is 1. The number of phenolic OH excluding ortho intramolecular Hbond substituents is 1.